The van der Waals surface area contributed by atoms with E-state index in [4.69, 9.17) is 0 Å². The second kappa shape index (κ2) is 6.24. The van der Waals surface area contributed by atoms with Gasteiger partial charge in [-0.3, -0.25) is 9.88 Å². The number of aromatic nitrogens is 1. The first-order valence-corrected chi connectivity index (χ1v) is 7.27. The van der Waals surface area contributed by atoms with E-state index in [0.717, 1.165) is 31.7 Å². The lowest BCUT2D eigenvalue weighted by Gasteiger charge is -2.43. The Balaban J connectivity index is 2.09. The van der Waals surface area contributed by atoms with Gasteiger partial charge in [0.25, 0.3) is 0 Å². The maximum atomic E-state index is 4.36. The van der Waals surface area contributed by atoms with Crippen molar-refractivity contribution in [3.05, 3.63) is 18.5 Å². The monoisotopic (exact) mass is 262 g/mol. The van der Waals surface area contributed by atoms with Crippen molar-refractivity contribution in [2.75, 3.05) is 36.9 Å². The van der Waals surface area contributed by atoms with Crippen molar-refractivity contribution in [2.45, 2.75) is 39.3 Å². The quantitative estimate of drug-likeness (QED) is 0.903. The molecule has 1 aliphatic heterocycles. The lowest BCUT2D eigenvalue weighted by atomic mass is 10.1. The van der Waals surface area contributed by atoms with Gasteiger partial charge in [0.05, 0.1) is 23.8 Å². The molecule has 0 aliphatic carbocycles. The maximum Gasteiger partial charge on any atom is 0.0574 e. The number of piperazine rings is 1. The number of likely N-dealkylation sites (N-methyl/N-ethyl adjacent to an activating group) is 1. The number of hydrogen-bond acceptors (Lipinski definition) is 4. The van der Waals surface area contributed by atoms with Crippen molar-refractivity contribution in [3.8, 4) is 0 Å². The summed E-state index contributed by atoms with van der Waals surface area (Å²) >= 11 is 0. The standard InChI is InChI=1S/C15H26N4/c1-5-6-17-14-7-15(9-16-8-14)19-10-12(2)18(4)13(3)11-19/h7-9,12-13,17H,5-6,10-11H2,1-4H3. The topological polar surface area (TPSA) is 31.4 Å². The summed E-state index contributed by atoms with van der Waals surface area (Å²) in [5, 5.41) is 3.41. The first kappa shape index (κ1) is 14.1. The van der Waals surface area contributed by atoms with E-state index in [-0.39, 0.29) is 0 Å². The van der Waals surface area contributed by atoms with Gasteiger partial charge in [0.1, 0.15) is 0 Å². The number of nitrogens with one attached hydrogen (secondary N) is 1. The first-order chi connectivity index (χ1) is 9.11. The zero-order chi connectivity index (χ0) is 13.8. The average molecular weight is 262 g/mol. The molecule has 106 valence electrons. The Kier molecular flexibility index (Phi) is 4.64. The Morgan fingerprint density at radius 2 is 1.95 bits per heavy atom. The van der Waals surface area contributed by atoms with Gasteiger partial charge < -0.3 is 10.2 Å². The van der Waals surface area contributed by atoms with Gasteiger partial charge in [-0.15, -0.1) is 0 Å². The zero-order valence-corrected chi connectivity index (χ0v) is 12.6. The van der Waals surface area contributed by atoms with Crippen LogP contribution in [-0.2, 0) is 0 Å². The number of rotatable bonds is 4. The second-order valence-electron chi connectivity index (χ2n) is 5.63. The van der Waals surface area contributed by atoms with Gasteiger partial charge in [0.15, 0.2) is 0 Å². The smallest absolute Gasteiger partial charge is 0.0574 e. The second-order valence-corrected chi connectivity index (χ2v) is 5.63. The fourth-order valence-electron chi connectivity index (χ4n) is 2.58. The summed E-state index contributed by atoms with van der Waals surface area (Å²) < 4.78 is 0. The third-order valence-electron chi connectivity index (χ3n) is 4.03. The molecule has 2 atom stereocenters. The Hall–Kier alpha value is -1.29. The van der Waals surface area contributed by atoms with Crippen LogP contribution in [0.2, 0.25) is 0 Å². The number of anilines is 2. The molecular formula is C15H26N4. The minimum absolute atomic E-state index is 0.580. The number of nitrogens with zero attached hydrogens (tertiary/aromatic N) is 3. The minimum atomic E-state index is 0.580. The van der Waals surface area contributed by atoms with E-state index in [0.29, 0.717) is 12.1 Å². The highest BCUT2D eigenvalue weighted by Gasteiger charge is 2.26. The molecule has 4 nitrogen and oxygen atoms in total. The van der Waals surface area contributed by atoms with Crippen LogP contribution in [0.4, 0.5) is 11.4 Å². The number of pyridine rings is 1. The predicted octanol–water partition coefficient (Wildman–Crippen LogP) is 2.43. The van der Waals surface area contributed by atoms with E-state index >= 15 is 0 Å². The molecule has 0 spiro atoms. The average Bonchev–Trinajstić information content (AvgIpc) is 2.42. The highest BCUT2D eigenvalue weighted by Crippen LogP contribution is 2.23. The van der Waals surface area contributed by atoms with Gasteiger partial charge in [-0.05, 0) is 33.4 Å². The molecule has 0 radical (unpaired) electrons. The number of hydrogen-bond donors (Lipinski definition) is 1. The van der Waals surface area contributed by atoms with Crippen molar-refractivity contribution < 1.29 is 0 Å². The van der Waals surface area contributed by atoms with Crippen LogP contribution < -0.4 is 10.2 Å². The summed E-state index contributed by atoms with van der Waals surface area (Å²) in [5.74, 6) is 0. The van der Waals surface area contributed by atoms with Gasteiger partial charge in [-0.1, -0.05) is 6.92 Å². The lowest BCUT2D eigenvalue weighted by molar-refractivity contribution is 0.170. The van der Waals surface area contributed by atoms with Crippen molar-refractivity contribution in [2.24, 2.45) is 0 Å². The van der Waals surface area contributed by atoms with E-state index in [1.54, 1.807) is 0 Å². The van der Waals surface area contributed by atoms with Crippen LogP contribution in [0.25, 0.3) is 0 Å². The Labute approximate surface area is 116 Å². The van der Waals surface area contributed by atoms with Crippen LogP contribution in [-0.4, -0.2) is 48.6 Å². The lowest BCUT2D eigenvalue weighted by Crippen LogP contribution is -2.55. The van der Waals surface area contributed by atoms with Gasteiger partial charge in [-0.2, -0.15) is 0 Å². The molecular weight excluding hydrogens is 236 g/mol. The van der Waals surface area contributed by atoms with Crippen molar-refractivity contribution in [1.82, 2.24) is 9.88 Å². The summed E-state index contributed by atoms with van der Waals surface area (Å²) in [6.07, 6.45) is 5.01. The van der Waals surface area contributed by atoms with Crippen LogP contribution >= 0.6 is 0 Å². The molecule has 1 aromatic rings. The Morgan fingerprint density at radius 3 is 2.58 bits per heavy atom. The summed E-state index contributed by atoms with van der Waals surface area (Å²) in [6.45, 7) is 9.89. The largest absolute Gasteiger partial charge is 0.384 e. The Bertz CT molecular complexity index is 395. The van der Waals surface area contributed by atoms with E-state index in [9.17, 15) is 0 Å². The molecule has 2 unspecified atom stereocenters. The highest BCUT2D eigenvalue weighted by molar-refractivity contribution is 5.56. The van der Waals surface area contributed by atoms with Crippen molar-refractivity contribution in [1.29, 1.82) is 0 Å². The van der Waals surface area contributed by atoms with Crippen molar-refractivity contribution in [3.63, 3.8) is 0 Å². The van der Waals surface area contributed by atoms with E-state index in [1.165, 1.54) is 5.69 Å². The molecule has 19 heavy (non-hydrogen) atoms. The molecule has 1 aromatic heterocycles. The van der Waals surface area contributed by atoms with Gasteiger partial charge in [-0.25, -0.2) is 0 Å². The molecule has 2 heterocycles. The van der Waals surface area contributed by atoms with Crippen molar-refractivity contribution >= 4 is 11.4 Å². The van der Waals surface area contributed by atoms with Gasteiger partial charge in [0, 0.05) is 31.7 Å². The fourth-order valence-corrected chi connectivity index (χ4v) is 2.58. The summed E-state index contributed by atoms with van der Waals surface area (Å²) in [5.41, 5.74) is 2.35. The minimum Gasteiger partial charge on any atom is -0.384 e. The fraction of sp³-hybridized carbons (Fsp3) is 0.667. The van der Waals surface area contributed by atoms with Crippen LogP contribution in [0, 0.1) is 0 Å². The maximum absolute atomic E-state index is 4.36. The molecule has 1 N–H and O–H groups in total. The van der Waals surface area contributed by atoms with E-state index in [2.05, 4.69) is 54.0 Å². The van der Waals surface area contributed by atoms with Gasteiger partial charge >= 0.3 is 0 Å². The highest BCUT2D eigenvalue weighted by atomic mass is 15.3. The molecule has 2 rings (SSSR count). The normalized spacial score (nSPS) is 24.5. The van der Waals surface area contributed by atoms with Crippen LogP contribution in [0.5, 0.6) is 0 Å². The molecule has 1 saturated heterocycles. The molecule has 0 amide bonds. The third kappa shape index (κ3) is 3.38. The predicted molar refractivity (Wildman–Crippen MR) is 81.9 cm³/mol. The molecule has 0 saturated carbocycles. The van der Waals surface area contributed by atoms with Crippen LogP contribution in [0.15, 0.2) is 18.5 Å². The molecule has 1 aliphatic rings. The zero-order valence-electron chi connectivity index (χ0n) is 12.6. The Morgan fingerprint density at radius 1 is 1.26 bits per heavy atom. The van der Waals surface area contributed by atoms with E-state index in [1.807, 2.05) is 12.4 Å². The molecule has 0 aromatic carbocycles. The molecule has 1 fully saturated rings. The van der Waals surface area contributed by atoms with E-state index < -0.39 is 0 Å². The summed E-state index contributed by atoms with van der Waals surface area (Å²) in [6, 6.07) is 3.37. The molecule has 0 bridgehead atoms. The third-order valence-corrected chi connectivity index (χ3v) is 4.03. The summed E-state index contributed by atoms with van der Waals surface area (Å²) in [7, 11) is 2.21. The van der Waals surface area contributed by atoms with Crippen LogP contribution in [0.1, 0.15) is 27.2 Å². The summed E-state index contributed by atoms with van der Waals surface area (Å²) in [4.78, 5) is 9.26. The molecule has 4 heteroatoms. The van der Waals surface area contributed by atoms with Crippen LogP contribution in [0.3, 0.4) is 0 Å². The SMILES string of the molecule is CCCNc1cncc(N2CC(C)N(C)C(C)C2)c1. The first-order valence-electron chi connectivity index (χ1n) is 7.27. The van der Waals surface area contributed by atoms with Gasteiger partial charge in [0.2, 0.25) is 0 Å².